The van der Waals surface area contributed by atoms with Crippen LogP contribution in [0, 0.1) is 10.1 Å². The minimum Gasteiger partial charge on any atom is -0.383 e. The number of alkyl halides is 1. The molecule has 0 fully saturated rings. The van der Waals surface area contributed by atoms with Crippen LogP contribution in [0.25, 0.3) is 0 Å². The second-order valence-electron chi connectivity index (χ2n) is 3.63. The summed E-state index contributed by atoms with van der Waals surface area (Å²) < 4.78 is 4.95. The molecule has 8 heteroatoms. The van der Waals surface area contributed by atoms with Crippen molar-refractivity contribution in [3.8, 4) is 0 Å². The van der Waals surface area contributed by atoms with Gasteiger partial charge in [0.15, 0.2) is 0 Å². The van der Waals surface area contributed by atoms with Gasteiger partial charge in [0, 0.05) is 26.8 Å². The van der Waals surface area contributed by atoms with Gasteiger partial charge in [-0.15, -0.1) is 0 Å². The van der Waals surface area contributed by atoms with E-state index in [9.17, 15) is 14.9 Å². The van der Waals surface area contributed by atoms with Crippen molar-refractivity contribution < 1.29 is 14.5 Å². The zero-order valence-corrected chi connectivity index (χ0v) is 12.4. The van der Waals surface area contributed by atoms with Crippen LogP contribution >= 0.6 is 27.3 Å². The van der Waals surface area contributed by atoms with Crippen molar-refractivity contribution in [2.24, 2.45) is 0 Å². The molecule has 1 amide bonds. The number of rotatable bonds is 6. The first kappa shape index (κ1) is 15.1. The molecule has 0 N–H and O–H groups in total. The van der Waals surface area contributed by atoms with Crippen LogP contribution in [0.2, 0.25) is 0 Å². The molecule has 1 aromatic heterocycles. The summed E-state index contributed by atoms with van der Waals surface area (Å²) >= 11 is 4.27. The molecule has 0 radical (unpaired) electrons. The van der Waals surface area contributed by atoms with E-state index in [-0.39, 0.29) is 15.7 Å². The fraction of sp³-hybridized carbons (Fsp3) is 0.500. The van der Waals surface area contributed by atoms with Crippen molar-refractivity contribution in [1.29, 1.82) is 0 Å². The van der Waals surface area contributed by atoms with E-state index >= 15 is 0 Å². The molecular formula is C10H13BrN2O4S. The highest BCUT2D eigenvalue weighted by Gasteiger charge is 2.19. The van der Waals surface area contributed by atoms with Crippen LogP contribution in [-0.4, -0.2) is 47.9 Å². The average Bonchev–Trinajstić information content (AvgIpc) is 2.77. The van der Waals surface area contributed by atoms with E-state index in [0.29, 0.717) is 18.0 Å². The Balaban J connectivity index is 2.65. The van der Waals surface area contributed by atoms with E-state index < -0.39 is 4.92 Å². The van der Waals surface area contributed by atoms with Crippen LogP contribution in [0.5, 0.6) is 0 Å². The first-order valence-corrected chi connectivity index (χ1v) is 6.81. The van der Waals surface area contributed by atoms with E-state index in [1.165, 1.54) is 17.0 Å². The molecule has 0 aliphatic carbocycles. The highest BCUT2D eigenvalue weighted by atomic mass is 79.9. The maximum absolute atomic E-state index is 12.0. The highest BCUT2D eigenvalue weighted by Crippen LogP contribution is 2.24. The van der Waals surface area contributed by atoms with Gasteiger partial charge in [-0.05, 0) is 6.07 Å². The first-order chi connectivity index (χ1) is 8.45. The molecule has 0 aliphatic rings. The first-order valence-electron chi connectivity index (χ1n) is 5.08. The predicted molar refractivity (Wildman–Crippen MR) is 72.5 cm³/mol. The van der Waals surface area contributed by atoms with E-state index in [1.54, 1.807) is 14.2 Å². The van der Waals surface area contributed by atoms with Gasteiger partial charge < -0.3 is 9.64 Å². The van der Waals surface area contributed by atoms with Crippen LogP contribution < -0.4 is 0 Å². The number of carbonyl (C=O) groups excluding carboxylic acids is 1. The number of carbonyl (C=O) groups is 1. The lowest BCUT2D eigenvalue weighted by Gasteiger charge is -2.19. The Hall–Kier alpha value is -0.990. The molecule has 0 aromatic carbocycles. The van der Waals surface area contributed by atoms with Gasteiger partial charge in [-0.3, -0.25) is 14.9 Å². The largest absolute Gasteiger partial charge is 0.383 e. The molecule has 0 saturated carbocycles. The van der Waals surface area contributed by atoms with E-state index in [4.69, 9.17) is 4.74 Å². The molecule has 1 atom stereocenters. The van der Waals surface area contributed by atoms with Crippen LogP contribution in [0.15, 0.2) is 12.1 Å². The van der Waals surface area contributed by atoms with Crippen LogP contribution in [0.1, 0.15) is 9.67 Å². The summed E-state index contributed by atoms with van der Waals surface area (Å²) in [4.78, 5) is 23.9. The normalized spacial score (nSPS) is 12.2. The lowest BCUT2D eigenvalue weighted by molar-refractivity contribution is -0.380. The van der Waals surface area contributed by atoms with Crippen LogP contribution in [0.3, 0.4) is 0 Å². The van der Waals surface area contributed by atoms with Gasteiger partial charge in [-0.2, -0.15) is 0 Å². The Kier molecular flexibility index (Phi) is 5.70. The molecule has 1 aromatic rings. The predicted octanol–water partition coefficient (Wildman–Crippen LogP) is 2.14. The Morgan fingerprint density at radius 3 is 2.83 bits per heavy atom. The molecule has 0 aliphatic heterocycles. The van der Waals surface area contributed by atoms with Gasteiger partial charge in [0.05, 0.1) is 21.2 Å². The third kappa shape index (κ3) is 4.04. The number of hydrogen-bond acceptors (Lipinski definition) is 5. The topological polar surface area (TPSA) is 72.7 Å². The standard InChI is InChI=1S/C10H13BrN2O4S/c1-12(5-7(11)6-17-2)10(14)8-3-4-9(18-8)13(15)16/h3-4,7H,5-6H2,1-2H3. The smallest absolute Gasteiger partial charge is 0.324 e. The van der Waals surface area contributed by atoms with Gasteiger partial charge in [0.2, 0.25) is 0 Å². The van der Waals surface area contributed by atoms with Crippen molar-refractivity contribution in [3.05, 3.63) is 27.1 Å². The van der Waals surface area contributed by atoms with Crippen molar-refractivity contribution >= 4 is 38.2 Å². The van der Waals surface area contributed by atoms with Crippen LogP contribution in [0.4, 0.5) is 5.00 Å². The Bertz CT molecular complexity index is 437. The minimum absolute atomic E-state index is 0.0287. The van der Waals surface area contributed by atoms with Crippen molar-refractivity contribution in [1.82, 2.24) is 4.90 Å². The van der Waals surface area contributed by atoms with Crippen LogP contribution in [-0.2, 0) is 4.74 Å². The summed E-state index contributed by atoms with van der Waals surface area (Å²) in [5.41, 5.74) is 0. The van der Waals surface area contributed by atoms with Crippen molar-refractivity contribution in [2.45, 2.75) is 4.83 Å². The lowest BCUT2D eigenvalue weighted by Crippen LogP contribution is -2.33. The number of thiophene rings is 1. The SMILES string of the molecule is COCC(Br)CN(C)C(=O)c1ccc([N+](=O)[O-])s1. The number of nitrogens with zero attached hydrogens (tertiary/aromatic N) is 2. The third-order valence-corrected chi connectivity index (χ3v) is 3.73. The summed E-state index contributed by atoms with van der Waals surface area (Å²) in [6.45, 7) is 0.959. The number of amides is 1. The molecule has 1 rings (SSSR count). The molecule has 1 unspecified atom stereocenters. The van der Waals surface area contributed by atoms with E-state index in [0.717, 1.165) is 11.3 Å². The summed E-state index contributed by atoms with van der Waals surface area (Å²) in [5, 5.41) is 10.5. The zero-order chi connectivity index (χ0) is 13.7. The molecule has 0 bridgehead atoms. The highest BCUT2D eigenvalue weighted by molar-refractivity contribution is 9.09. The number of halogens is 1. The maximum atomic E-state index is 12.0. The van der Waals surface area contributed by atoms with Gasteiger partial charge in [0.1, 0.15) is 0 Å². The summed E-state index contributed by atoms with van der Waals surface area (Å²) in [5.74, 6) is -0.228. The van der Waals surface area contributed by atoms with Crippen molar-refractivity contribution in [2.75, 3.05) is 27.3 Å². The second kappa shape index (κ2) is 6.81. The number of methoxy groups -OCH3 is 1. The minimum atomic E-state index is -0.500. The monoisotopic (exact) mass is 336 g/mol. The molecule has 0 saturated heterocycles. The summed E-state index contributed by atoms with van der Waals surface area (Å²) in [7, 11) is 3.23. The number of hydrogen-bond donors (Lipinski definition) is 0. The Morgan fingerprint density at radius 2 is 2.33 bits per heavy atom. The molecule has 100 valence electrons. The Morgan fingerprint density at radius 1 is 1.67 bits per heavy atom. The molecule has 0 spiro atoms. The molecule has 18 heavy (non-hydrogen) atoms. The van der Waals surface area contributed by atoms with E-state index in [1.807, 2.05) is 0 Å². The van der Waals surface area contributed by atoms with Crippen molar-refractivity contribution in [3.63, 3.8) is 0 Å². The fourth-order valence-corrected chi connectivity index (χ4v) is 2.86. The number of nitro groups is 1. The fourth-order valence-electron chi connectivity index (χ4n) is 1.34. The van der Waals surface area contributed by atoms with Gasteiger partial charge in [-0.25, -0.2) is 0 Å². The molecular weight excluding hydrogens is 324 g/mol. The Labute approximate surface area is 117 Å². The maximum Gasteiger partial charge on any atom is 0.324 e. The van der Waals surface area contributed by atoms with Gasteiger partial charge in [-0.1, -0.05) is 27.3 Å². The quantitative estimate of drug-likeness (QED) is 0.453. The van der Waals surface area contributed by atoms with Gasteiger partial charge >= 0.3 is 5.00 Å². The lowest BCUT2D eigenvalue weighted by atomic mass is 10.3. The summed E-state index contributed by atoms with van der Waals surface area (Å²) in [6, 6.07) is 2.81. The molecule has 1 heterocycles. The third-order valence-electron chi connectivity index (χ3n) is 2.15. The zero-order valence-electron chi connectivity index (χ0n) is 9.96. The van der Waals surface area contributed by atoms with E-state index in [2.05, 4.69) is 15.9 Å². The number of ether oxygens (including phenoxy) is 1. The average molecular weight is 337 g/mol. The molecule has 6 nitrogen and oxygen atoms in total. The second-order valence-corrected chi connectivity index (χ2v) is 5.99. The van der Waals surface area contributed by atoms with Gasteiger partial charge in [0.25, 0.3) is 5.91 Å². The summed E-state index contributed by atoms with van der Waals surface area (Å²) in [6.07, 6.45) is 0.